The Bertz CT molecular complexity index is 666. The van der Waals surface area contributed by atoms with Crippen molar-refractivity contribution in [3.05, 3.63) is 51.1 Å². The number of aromatic nitrogens is 1. The summed E-state index contributed by atoms with van der Waals surface area (Å²) in [5, 5.41) is 13.1. The predicted octanol–water partition coefficient (Wildman–Crippen LogP) is 1.42. The van der Waals surface area contributed by atoms with Crippen molar-refractivity contribution in [2.75, 3.05) is 5.32 Å². The van der Waals surface area contributed by atoms with Crippen molar-refractivity contribution in [3.63, 3.8) is 0 Å². The number of anilines is 1. The molecule has 5 nitrogen and oxygen atoms in total. The molecule has 0 atom stereocenters. The molecule has 0 fully saturated rings. The van der Waals surface area contributed by atoms with E-state index in [4.69, 9.17) is 5.26 Å². The number of rotatable bonds is 3. The highest BCUT2D eigenvalue weighted by molar-refractivity contribution is 7.07. The molecule has 2 rings (SSSR count). The van der Waals surface area contributed by atoms with Crippen molar-refractivity contribution in [1.29, 1.82) is 5.26 Å². The molecule has 0 aliphatic rings. The average molecular weight is 259 g/mol. The minimum Gasteiger partial charge on any atom is -0.323 e. The van der Waals surface area contributed by atoms with Gasteiger partial charge in [0.1, 0.15) is 12.6 Å². The van der Waals surface area contributed by atoms with Crippen LogP contribution < -0.4 is 10.2 Å². The van der Waals surface area contributed by atoms with Gasteiger partial charge in [0.05, 0.1) is 11.3 Å². The number of para-hydroxylation sites is 1. The van der Waals surface area contributed by atoms with E-state index >= 15 is 0 Å². The fourth-order valence-corrected chi connectivity index (χ4v) is 2.03. The molecule has 0 aliphatic carbocycles. The van der Waals surface area contributed by atoms with E-state index in [2.05, 4.69) is 5.32 Å². The molecule has 2 aromatic rings. The third kappa shape index (κ3) is 2.64. The van der Waals surface area contributed by atoms with Gasteiger partial charge in [-0.05, 0) is 12.1 Å². The van der Waals surface area contributed by atoms with E-state index in [0.717, 1.165) is 11.3 Å². The highest BCUT2D eigenvalue weighted by Crippen LogP contribution is 2.13. The van der Waals surface area contributed by atoms with Gasteiger partial charge >= 0.3 is 4.87 Å². The maximum Gasteiger partial charge on any atom is 0.307 e. The summed E-state index contributed by atoms with van der Waals surface area (Å²) in [6.07, 6.45) is 1.56. The molecule has 0 spiro atoms. The molecule has 0 saturated carbocycles. The van der Waals surface area contributed by atoms with Gasteiger partial charge in [-0.15, -0.1) is 0 Å². The van der Waals surface area contributed by atoms with Crippen LogP contribution in [0.25, 0.3) is 0 Å². The summed E-state index contributed by atoms with van der Waals surface area (Å²) in [5.74, 6) is -0.335. The molecule has 0 saturated heterocycles. The van der Waals surface area contributed by atoms with Crippen LogP contribution in [0.5, 0.6) is 0 Å². The number of nitriles is 1. The Kier molecular flexibility index (Phi) is 3.55. The molecule has 0 unspecified atom stereocenters. The van der Waals surface area contributed by atoms with Gasteiger partial charge in [0.15, 0.2) is 0 Å². The van der Waals surface area contributed by atoms with Crippen LogP contribution in [-0.4, -0.2) is 10.5 Å². The van der Waals surface area contributed by atoms with Gasteiger partial charge in [0, 0.05) is 11.6 Å². The second-order valence-corrected chi connectivity index (χ2v) is 4.36. The number of benzene rings is 1. The third-order valence-electron chi connectivity index (χ3n) is 2.28. The lowest BCUT2D eigenvalue weighted by atomic mass is 10.2. The van der Waals surface area contributed by atoms with Gasteiger partial charge < -0.3 is 5.32 Å². The van der Waals surface area contributed by atoms with Crippen molar-refractivity contribution in [1.82, 2.24) is 4.57 Å². The predicted molar refractivity (Wildman–Crippen MR) is 68.4 cm³/mol. The van der Waals surface area contributed by atoms with Crippen LogP contribution in [0.15, 0.2) is 40.6 Å². The molecular formula is C12H9N3O2S. The van der Waals surface area contributed by atoms with Crippen LogP contribution >= 0.6 is 11.3 Å². The van der Waals surface area contributed by atoms with E-state index in [-0.39, 0.29) is 17.3 Å². The lowest BCUT2D eigenvalue weighted by molar-refractivity contribution is -0.116. The maximum absolute atomic E-state index is 11.7. The monoisotopic (exact) mass is 259 g/mol. The standard InChI is InChI=1S/C12H9N3O2S/c13-7-9-3-1-2-4-10(9)14-11(16)8-15-5-6-18-12(15)17/h1-6H,8H2,(H,14,16). The van der Waals surface area contributed by atoms with Crippen molar-refractivity contribution in [3.8, 4) is 6.07 Å². The fraction of sp³-hybridized carbons (Fsp3) is 0.0833. The summed E-state index contributed by atoms with van der Waals surface area (Å²) in [6, 6.07) is 8.70. The average Bonchev–Trinajstić information content (AvgIpc) is 2.75. The molecule has 0 bridgehead atoms. The SMILES string of the molecule is N#Cc1ccccc1NC(=O)Cn1ccsc1=O. The summed E-state index contributed by atoms with van der Waals surface area (Å²) >= 11 is 1.04. The molecule has 1 amide bonds. The minimum atomic E-state index is -0.335. The van der Waals surface area contributed by atoms with Gasteiger partial charge in [-0.3, -0.25) is 14.2 Å². The molecule has 6 heteroatoms. The van der Waals surface area contributed by atoms with E-state index in [1.165, 1.54) is 4.57 Å². The molecule has 1 heterocycles. The smallest absolute Gasteiger partial charge is 0.307 e. The lowest BCUT2D eigenvalue weighted by Gasteiger charge is -2.06. The molecular weight excluding hydrogens is 250 g/mol. The number of carbonyl (C=O) groups excluding carboxylic acids is 1. The molecule has 90 valence electrons. The van der Waals surface area contributed by atoms with E-state index in [1.807, 2.05) is 6.07 Å². The Morgan fingerprint density at radius 3 is 2.89 bits per heavy atom. The highest BCUT2D eigenvalue weighted by atomic mass is 32.1. The Balaban J connectivity index is 2.11. The zero-order valence-electron chi connectivity index (χ0n) is 9.29. The number of hydrogen-bond acceptors (Lipinski definition) is 4. The van der Waals surface area contributed by atoms with Crippen molar-refractivity contribution < 1.29 is 4.79 Å². The summed E-state index contributed by atoms with van der Waals surface area (Å²) in [6.45, 7) is -0.0535. The lowest BCUT2D eigenvalue weighted by Crippen LogP contribution is -2.24. The zero-order chi connectivity index (χ0) is 13.0. The van der Waals surface area contributed by atoms with Gasteiger partial charge in [-0.2, -0.15) is 5.26 Å². The Labute approximate surface area is 107 Å². The Morgan fingerprint density at radius 1 is 1.44 bits per heavy atom. The summed E-state index contributed by atoms with van der Waals surface area (Å²) in [7, 11) is 0. The van der Waals surface area contributed by atoms with E-state index in [1.54, 1.807) is 35.8 Å². The highest BCUT2D eigenvalue weighted by Gasteiger charge is 2.07. The first kappa shape index (κ1) is 12.1. The van der Waals surface area contributed by atoms with Crippen molar-refractivity contribution in [2.24, 2.45) is 0 Å². The van der Waals surface area contributed by atoms with Gasteiger partial charge in [-0.1, -0.05) is 23.5 Å². The first-order valence-electron chi connectivity index (χ1n) is 5.13. The first-order valence-corrected chi connectivity index (χ1v) is 6.01. The van der Waals surface area contributed by atoms with E-state index < -0.39 is 0 Å². The van der Waals surface area contributed by atoms with Gasteiger partial charge in [0.25, 0.3) is 0 Å². The number of amides is 1. The summed E-state index contributed by atoms with van der Waals surface area (Å²) in [5.41, 5.74) is 0.844. The molecule has 18 heavy (non-hydrogen) atoms. The number of nitrogens with zero attached hydrogens (tertiary/aromatic N) is 2. The van der Waals surface area contributed by atoms with Crippen LogP contribution in [0.3, 0.4) is 0 Å². The zero-order valence-corrected chi connectivity index (χ0v) is 10.1. The maximum atomic E-state index is 11.7. The van der Waals surface area contributed by atoms with E-state index in [9.17, 15) is 9.59 Å². The first-order chi connectivity index (χ1) is 8.70. The van der Waals surface area contributed by atoms with Gasteiger partial charge in [-0.25, -0.2) is 0 Å². The second-order valence-electron chi connectivity index (χ2n) is 3.50. The molecule has 1 N–H and O–H groups in total. The topological polar surface area (TPSA) is 74.9 Å². The van der Waals surface area contributed by atoms with Gasteiger partial charge in [0.2, 0.25) is 5.91 Å². The molecule has 1 aromatic heterocycles. The number of nitrogens with one attached hydrogen (secondary N) is 1. The molecule has 1 aromatic carbocycles. The third-order valence-corrected chi connectivity index (χ3v) is 2.97. The van der Waals surface area contributed by atoms with Crippen molar-refractivity contribution >= 4 is 22.9 Å². The van der Waals surface area contributed by atoms with E-state index in [0.29, 0.717) is 11.3 Å². The second kappa shape index (κ2) is 5.29. The van der Waals surface area contributed by atoms with Crippen LogP contribution in [0, 0.1) is 11.3 Å². The molecule has 0 aliphatic heterocycles. The summed E-state index contributed by atoms with van der Waals surface area (Å²) < 4.78 is 1.31. The van der Waals surface area contributed by atoms with Crippen LogP contribution in [0.4, 0.5) is 5.69 Å². The normalized spacial score (nSPS) is 9.72. The number of carbonyl (C=O) groups is 1. The number of hydrogen-bond donors (Lipinski definition) is 1. The fourth-order valence-electron chi connectivity index (χ4n) is 1.44. The Morgan fingerprint density at radius 2 is 2.22 bits per heavy atom. The van der Waals surface area contributed by atoms with Crippen LogP contribution in [0.2, 0.25) is 0 Å². The quantitative estimate of drug-likeness (QED) is 0.905. The van der Waals surface area contributed by atoms with Crippen molar-refractivity contribution in [2.45, 2.75) is 6.54 Å². The molecule has 0 radical (unpaired) electrons. The Hall–Kier alpha value is -2.39. The minimum absolute atomic E-state index is 0.0535. The van der Waals surface area contributed by atoms with Crippen LogP contribution in [-0.2, 0) is 11.3 Å². The number of thiazole rings is 1. The largest absolute Gasteiger partial charge is 0.323 e. The summed E-state index contributed by atoms with van der Waals surface area (Å²) in [4.78, 5) is 22.8. The van der Waals surface area contributed by atoms with Crippen LogP contribution in [0.1, 0.15) is 5.56 Å².